The lowest BCUT2D eigenvalue weighted by Gasteiger charge is -2.25. The third kappa shape index (κ3) is 12.2. The van der Waals surface area contributed by atoms with Crippen LogP contribution >= 0.6 is 0 Å². The van der Waals surface area contributed by atoms with Crippen LogP contribution in [-0.2, 0) is 19.2 Å². The number of benzene rings is 2. The average Bonchev–Trinajstić information content (AvgIpc) is 2.82. The topological polar surface area (TPSA) is 175 Å². The third-order valence-corrected chi connectivity index (χ3v) is 4.86. The molecule has 38 heavy (non-hydrogen) atoms. The monoisotopic (exact) mass is 531 g/mol. The molecule has 2 rings (SSSR count). The summed E-state index contributed by atoms with van der Waals surface area (Å²) in [5.74, 6) is -3.98. The lowest BCUT2D eigenvalue weighted by molar-refractivity contribution is -0.858. The van der Waals surface area contributed by atoms with Crippen molar-refractivity contribution in [3.63, 3.8) is 0 Å². The summed E-state index contributed by atoms with van der Waals surface area (Å²) in [5.41, 5.74) is -1.93. The van der Waals surface area contributed by atoms with Crippen molar-refractivity contribution in [1.29, 1.82) is 0 Å². The fraction of sp³-hybridized carbons (Fsp3) is 0.333. The number of allylic oxidation sites excluding steroid dienone is 1. The maximum Gasteiger partial charge on any atom is 0.306 e. The minimum Gasteiger partial charge on any atom is -0.547 e. The predicted octanol–water partition coefficient (Wildman–Crippen LogP) is 0.0257. The molecule has 11 heteroatoms. The number of Topliss-reactive ketones (excluding diaryl/α,β-unsaturated/α-hetero) is 1. The zero-order valence-corrected chi connectivity index (χ0v) is 21.5. The number of aliphatic carboxylic acids is 3. The van der Waals surface area contributed by atoms with Crippen LogP contribution in [0.5, 0.6) is 11.5 Å². The number of carboxylic acid groups (broad SMARTS) is 3. The lowest BCUT2D eigenvalue weighted by Crippen LogP contribution is -3.05. The van der Waals surface area contributed by atoms with E-state index in [1.807, 2.05) is 54.6 Å². The summed E-state index contributed by atoms with van der Waals surface area (Å²) < 4.78 is 11.7. The highest BCUT2D eigenvalue weighted by atomic mass is 16.5. The highest BCUT2D eigenvalue weighted by Crippen LogP contribution is 2.29. The fourth-order valence-electron chi connectivity index (χ4n) is 2.99. The van der Waals surface area contributed by atoms with Crippen molar-refractivity contribution in [2.24, 2.45) is 0 Å². The Morgan fingerprint density at radius 3 is 1.92 bits per heavy atom. The second-order valence-electron chi connectivity index (χ2n) is 8.64. The molecular weight excluding hydrogens is 498 g/mol. The van der Waals surface area contributed by atoms with E-state index in [0.29, 0.717) is 23.9 Å². The number of aliphatic hydroxyl groups is 1. The van der Waals surface area contributed by atoms with E-state index < -0.39 is 36.4 Å². The van der Waals surface area contributed by atoms with Crippen LogP contribution in [0.15, 0.2) is 60.4 Å². The van der Waals surface area contributed by atoms with Gasteiger partial charge in [-0.2, -0.15) is 0 Å². The number of para-hydroxylation sites is 2. The van der Waals surface area contributed by atoms with Gasteiger partial charge in [0.2, 0.25) is 0 Å². The number of carbonyl (C=O) groups excluding carboxylic acids is 2. The molecule has 0 radical (unpaired) electrons. The molecule has 0 aromatic heterocycles. The number of hydrogen-bond acceptors (Lipinski definition) is 8. The Hall–Kier alpha value is -4.22. The maximum atomic E-state index is 12.0. The number of hydrogen-bond donors (Lipinski definition) is 4. The molecule has 0 atom stereocenters. The number of ketones is 1. The first-order valence-corrected chi connectivity index (χ1v) is 11.7. The predicted molar refractivity (Wildman–Crippen MR) is 134 cm³/mol. The quantitative estimate of drug-likeness (QED) is 0.148. The van der Waals surface area contributed by atoms with Gasteiger partial charge in [0.15, 0.2) is 23.0 Å². The SMILES string of the molecule is CC(=O)C(=Cc1ccccc1)Oc1ccccc1OCCC[NH+](C)C.O=C(O)CC(O)(CC(=O)O)C(=O)[O-]. The Morgan fingerprint density at radius 2 is 1.45 bits per heavy atom. The molecule has 0 aliphatic carbocycles. The zero-order chi connectivity index (χ0) is 28.7. The van der Waals surface area contributed by atoms with E-state index in [0.717, 1.165) is 18.5 Å². The Labute approximate surface area is 220 Å². The van der Waals surface area contributed by atoms with Crippen molar-refractivity contribution >= 4 is 29.8 Å². The van der Waals surface area contributed by atoms with Crippen LogP contribution in [0.2, 0.25) is 0 Å². The van der Waals surface area contributed by atoms with Crippen molar-refractivity contribution in [2.75, 3.05) is 27.2 Å². The van der Waals surface area contributed by atoms with Gasteiger partial charge in [-0.1, -0.05) is 42.5 Å². The molecule has 0 unspecified atom stereocenters. The van der Waals surface area contributed by atoms with Crippen LogP contribution in [0, 0.1) is 0 Å². The van der Waals surface area contributed by atoms with E-state index >= 15 is 0 Å². The molecule has 2 aromatic rings. The molecule has 206 valence electrons. The van der Waals surface area contributed by atoms with Crippen molar-refractivity contribution in [1.82, 2.24) is 0 Å². The van der Waals surface area contributed by atoms with Crippen LogP contribution in [-0.4, -0.2) is 71.9 Å². The molecule has 11 nitrogen and oxygen atoms in total. The Kier molecular flexibility index (Phi) is 13.2. The van der Waals surface area contributed by atoms with Crippen molar-refractivity contribution in [3.05, 3.63) is 65.9 Å². The van der Waals surface area contributed by atoms with E-state index in [1.54, 1.807) is 6.08 Å². The van der Waals surface area contributed by atoms with Crippen molar-refractivity contribution < 1.29 is 54.0 Å². The van der Waals surface area contributed by atoms with E-state index in [-0.39, 0.29) is 5.78 Å². The van der Waals surface area contributed by atoms with Gasteiger partial charge in [-0.25, -0.2) is 0 Å². The molecule has 0 saturated heterocycles. The first kappa shape index (κ1) is 31.8. The van der Waals surface area contributed by atoms with E-state index in [1.165, 1.54) is 11.8 Å². The van der Waals surface area contributed by atoms with E-state index in [9.17, 15) is 24.3 Å². The Morgan fingerprint density at radius 1 is 0.921 bits per heavy atom. The molecule has 0 amide bonds. The smallest absolute Gasteiger partial charge is 0.306 e. The van der Waals surface area contributed by atoms with Gasteiger partial charge >= 0.3 is 11.9 Å². The summed E-state index contributed by atoms with van der Waals surface area (Å²) in [6.07, 6.45) is 0.286. The summed E-state index contributed by atoms with van der Waals surface area (Å²) in [5, 5.41) is 35.5. The van der Waals surface area contributed by atoms with Crippen LogP contribution in [0.3, 0.4) is 0 Å². The molecule has 4 N–H and O–H groups in total. The van der Waals surface area contributed by atoms with Crippen LogP contribution in [0.1, 0.15) is 31.7 Å². The third-order valence-electron chi connectivity index (χ3n) is 4.86. The van der Waals surface area contributed by atoms with Gasteiger partial charge in [-0.3, -0.25) is 14.4 Å². The number of carboxylic acids is 3. The summed E-state index contributed by atoms with van der Waals surface area (Å²) in [7, 11) is 4.23. The fourth-order valence-corrected chi connectivity index (χ4v) is 2.99. The van der Waals surface area contributed by atoms with Gasteiger partial charge < -0.3 is 39.6 Å². The van der Waals surface area contributed by atoms with Crippen LogP contribution in [0.25, 0.3) is 6.08 Å². The van der Waals surface area contributed by atoms with Crippen LogP contribution < -0.4 is 19.5 Å². The molecular formula is C27H33NO10. The largest absolute Gasteiger partial charge is 0.547 e. The minimum absolute atomic E-state index is 0.130. The molecule has 0 aliphatic rings. The number of carbonyl (C=O) groups is 4. The van der Waals surface area contributed by atoms with Crippen molar-refractivity contribution in [3.8, 4) is 11.5 Å². The molecule has 0 heterocycles. The first-order chi connectivity index (χ1) is 17.8. The molecule has 0 fully saturated rings. The lowest BCUT2D eigenvalue weighted by atomic mass is 9.96. The summed E-state index contributed by atoms with van der Waals surface area (Å²) >= 11 is 0. The van der Waals surface area contributed by atoms with E-state index in [4.69, 9.17) is 24.8 Å². The normalized spacial score (nSPS) is 11.2. The van der Waals surface area contributed by atoms with Gasteiger partial charge in [0.25, 0.3) is 0 Å². The number of ether oxygens (including phenoxy) is 2. The zero-order valence-electron chi connectivity index (χ0n) is 21.5. The molecule has 0 aliphatic heterocycles. The highest BCUT2D eigenvalue weighted by Gasteiger charge is 2.34. The number of nitrogens with one attached hydrogen (secondary N) is 1. The highest BCUT2D eigenvalue weighted by molar-refractivity contribution is 5.96. The molecule has 0 spiro atoms. The summed E-state index contributed by atoms with van der Waals surface area (Å²) in [6, 6.07) is 17.1. The van der Waals surface area contributed by atoms with Crippen LogP contribution in [0.4, 0.5) is 0 Å². The second kappa shape index (κ2) is 15.8. The number of quaternary nitrogens is 1. The van der Waals surface area contributed by atoms with Gasteiger partial charge in [-0.05, 0) is 23.8 Å². The van der Waals surface area contributed by atoms with E-state index in [2.05, 4.69) is 14.1 Å². The Balaban J connectivity index is 0.000000471. The van der Waals surface area contributed by atoms with Gasteiger partial charge in [0.05, 0.1) is 46.1 Å². The van der Waals surface area contributed by atoms with Gasteiger partial charge in [0.1, 0.15) is 5.60 Å². The standard InChI is InChI=1S/C21H25NO3.C6H8O7/c1-17(23)21(16-18-10-5-4-6-11-18)25-20-13-8-7-12-19(20)24-15-9-14-22(2)3;7-3(8)1-6(13,5(11)12)2-4(9)10/h4-8,10-13,16H,9,14-15H2,1-3H3;13H,1-2H2,(H,7,8)(H,9,10)(H,11,12). The molecule has 2 aromatic carbocycles. The maximum absolute atomic E-state index is 12.0. The van der Waals surface area contributed by atoms with Gasteiger partial charge in [-0.15, -0.1) is 0 Å². The average molecular weight is 532 g/mol. The number of rotatable bonds is 14. The summed E-state index contributed by atoms with van der Waals surface area (Å²) in [6.45, 7) is 3.15. The second-order valence-corrected chi connectivity index (χ2v) is 8.64. The molecule has 0 bridgehead atoms. The van der Waals surface area contributed by atoms with Gasteiger partial charge in [0, 0.05) is 13.3 Å². The Bertz CT molecular complexity index is 1100. The first-order valence-electron chi connectivity index (χ1n) is 11.7. The minimum atomic E-state index is -2.85. The van der Waals surface area contributed by atoms with Crippen molar-refractivity contribution in [2.45, 2.75) is 31.8 Å². The summed E-state index contributed by atoms with van der Waals surface area (Å²) in [4.78, 5) is 43.7. The molecule has 0 saturated carbocycles.